The molecule has 0 saturated carbocycles. The fourth-order valence-electron chi connectivity index (χ4n) is 3.23. The molecule has 0 aliphatic carbocycles. The summed E-state index contributed by atoms with van der Waals surface area (Å²) >= 11 is 1.78. The quantitative estimate of drug-likeness (QED) is 0.337. The Hall–Kier alpha value is -2.50. The molecular formula is C22H16F2INO4S. The minimum Gasteiger partial charge on any atom is -0.454 e. The summed E-state index contributed by atoms with van der Waals surface area (Å²) in [6.45, 7) is 1.25. The van der Waals surface area contributed by atoms with E-state index < -0.39 is 28.3 Å². The Kier molecular flexibility index (Phi) is 5.75. The number of hydrogen-bond acceptors (Lipinski definition) is 4. The van der Waals surface area contributed by atoms with Crippen LogP contribution in [0.4, 0.5) is 8.78 Å². The lowest BCUT2D eigenvalue weighted by Crippen LogP contribution is -2.12. The largest absolute Gasteiger partial charge is 0.454 e. The fraction of sp³-hybridized carbons (Fsp3) is 0.0909. The first-order valence-electron chi connectivity index (χ1n) is 9.11. The summed E-state index contributed by atoms with van der Waals surface area (Å²) < 4.78 is 61.6. The van der Waals surface area contributed by atoms with E-state index in [1.807, 2.05) is 6.92 Å². The molecule has 1 heterocycles. The Morgan fingerprint density at radius 2 is 1.74 bits per heavy atom. The molecule has 9 heteroatoms. The molecular weight excluding hydrogens is 539 g/mol. The smallest absolute Gasteiger partial charge is 0.268 e. The molecule has 4 rings (SSSR count). The van der Waals surface area contributed by atoms with E-state index in [0.29, 0.717) is 5.39 Å². The monoisotopic (exact) mass is 555 g/mol. The van der Waals surface area contributed by atoms with Gasteiger partial charge in [-0.2, -0.15) is 0 Å². The number of rotatable bonds is 5. The Morgan fingerprint density at radius 3 is 2.39 bits per heavy atom. The van der Waals surface area contributed by atoms with Crippen LogP contribution >= 0.6 is 22.6 Å². The van der Waals surface area contributed by atoms with Crippen molar-refractivity contribution in [1.29, 1.82) is 0 Å². The van der Waals surface area contributed by atoms with Crippen LogP contribution in [0.1, 0.15) is 11.1 Å². The van der Waals surface area contributed by atoms with Gasteiger partial charge in [0.15, 0.2) is 11.6 Å². The van der Waals surface area contributed by atoms with Crippen molar-refractivity contribution in [1.82, 2.24) is 3.97 Å². The summed E-state index contributed by atoms with van der Waals surface area (Å²) in [6, 6.07) is 12.8. The lowest BCUT2D eigenvalue weighted by atomic mass is 10.1. The van der Waals surface area contributed by atoms with Crippen molar-refractivity contribution < 1.29 is 27.0 Å². The van der Waals surface area contributed by atoms with Gasteiger partial charge in [-0.05, 0) is 65.9 Å². The average Bonchev–Trinajstić information content (AvgIpc) is 3.15. The van der Waals surface area contributed by atoms with E-state index in [-0.39, 0.29) is 31.0 Å². The van der Waals surface area contributed by atoms with E-state index in [2.05, 4.69) is 0 Å². The topological polar surface area (TPSA) is 68.5 Å². The molecule has 160 valence electrons. The summed E-state index contributed by atoms with van der Waals surface area (Å²) in [5.74, 6) is -1.35. The fourth-order valence-corrected chi connectivity index (χ4v) is 5.06. The van der Waals surface area contributed by atoms with E-state index in [4.69, 9.17) is 4.74 Å². The van der Waals surface area contributed by atoms with Crippen molar-refractivity contribution in [3.8, 4) is 11.5 Å². The summed E-state index contributed by atoms with van der Waals surface area (Å²) in [7, 11) is -3.98. The van der Waals surface area contributed by atoms with Crippen molar-refractivity contribution in [2.75, 3.05) is 0 Å². The van der Waals surface area contributed by atoms with Gasteiger partial charge in [0.2, 0.25) is 0 Å². The Balaban J connectivity index is 1.85. The number of fused-ring (bicyclic) bond motifs is 1. The van der Waals surface area contributed by atoms with Crippen molar-refractivity contribution in [3.63, 3.8) is 0 Å². The van der Waals surface area contributed by atoms with Gasteiger partial charge in [-0.3, -0.25) is 0 Å². The zero-order chi connectivity index (χ0) is 22.3. The SMILES string of the molecule is Cc1ccc(S(=O)(=O)n2ccc3c(CO)c(Oc4ccc(F)c(I)c4)c(F)cc32)cc1. The van der Waals surface area contributed by atoms with Crippen molar-refractivity contribution in [2.45, 2.75) is 18.4 Å². The number of aliphatic hydroxyl groups is 1. The van der Waals surface area contributed by atoms with Gasteiger partial charge >= 0.3 is 0 Å². The average molecular weight is 555 g/mol. The van der Waals surface area contributed by atoms with Gasteiger partial charge in [0, 0.05) is 23.2 Å². The molecule has 0 amide bonds. The number of nitrogens with zero attached hydrogens (tertiary/aromatic N) is 1. The number of aromatic nitrogens is 1. The summed E-state index contributed by atoms with van der Waals surface area (Å²) in [5, 5.41) is 10.2. The van der Waals surface area contributed by atoms with Gasteiger partial charge in [-0.15, -0.1) is 0 Å². The van der Waals surface area contributed by atoms with Gasteiger partial charge < -0.3 is 9.84 Å². The molecule has 4 aromatic rings. The van der Waals surface area contributed by atoms with Crippen LogP contribution < -0.4 is 4.74 Å². The second-order valence-electron chi connectivity index (χ2n) is 6.86. The highest BCUT2D eigenvalue weighted by atomic mass is 127. The van der Waals surface area contributed by atoms with Crippen LogP contribution in [-0.4, -0.2) is 17.5 Å². The van der Waals surface area contributed by atoms with Crippen LogP contribution in [0.3, 0.4) is 0 Å². The summed E-state index contributed by atoms with van der Waals surface area (Å²) in [5.41, 5.74) is 1.07. The molecule has 0 unspecified atom stereocenters. The molecule has 31 heavy (non-hydrogen) atoms. The molecule has 0 atom stereocenters. The zero-order valence-corrected chi connectivity index (χ0v) is 19.1. The lowest BCUT2D eigenvalue weighted by molar-refractivity contribution is 0.276. The van der Waals surface area contributed by atoms with Crippen LogP contribution in [0.5, 0.6) is 11.5 Å². The molecule has 0 spiro atoms. The Bertz CT molecular complexity index is 1400. The Morgan fingerprint density at radius 1 is 1.03 bits per heavy atom. The first kappa shape index (κ1) is 21.7. The number of aliphatic hydroxyl groups excluding tert-OH is 1. The number of benzene rings is 3. The number of halogens is 3. The summed E-state index contributed by atoms with van der Waals surface area (Å²) in [6.07, 6.45) is 1.31. The van der Waals surface area contributed by atoms with Crippen LogP contribution in [-0.2, 0) is 16.6 Å². The van der Waals surface area contributed by atoms with Crippen molar-refractivity contribution in [3.05, 3.63) is 87.1 Å². The van der Waals surface area contributed by atoms with Crippen LogP contribution in [0, 0.1) is 22.1 Å². The minimum absolute atomic E-state index is 0.0581. The maximum absolute atomic E-state index is 15.0. The third-order valence-corrected chi connectivity index (χ3v) is 7.35. The standard InChI is InChI=1S/C22H16F2INO4S/c1-13-2-5-15(6-3-13)31(28,29)26-9-8-16-17(12-27)22(19(24)11-21(16)26)30-14-4-7-18(23)20(25)10-14/h2-11,27H,12H2,1H3. The lowest BCUT2D eigenvalue weighted by Gasteiger charge is -2.14. The highest BCUT2D eigenvalue weighted by molar-refractivity contribution is 14.1. The molecule has 3 aromatic carbocycles. The number of aryl methyl sites for hydroxylation is 1. The predicted molar refractivity (Wildman–Crippen MR) is 121 cm³/mol. The van der Waals surface area contributed by atoms with Gasteiger partial charge in [-0.25, -0.2) is 21.2 Å². The van der Waals surface area contributed by atoms with Crippen LogP contribution in [0.25, 0.3) is 10.9 Å². The third kappa shape index (κ3) is 3.92. The normalized spacial score (nSPS) is 11.8. The predicted octanol–water partition coefficient (Wildman–Crippen LogP) is 5.35. The van der Waals surface area contributed by atoms with E-state index >= 15 is 4.39 Å². The molecule has 0 radical (unpaired) electrons. The van der Waals surface area contributed by atoms with Gasteiger partial charge in [-0.1, -0.05) is 17.7 Å². The summed E-state index contributed by atoms with van der Waals surface area (Å²) in [4.78, 5) is 0.0581. The minimum atomic E-state index is -3.98. The first-order valence-corrected chi connectivity index (χ1v) is 11.6. The van der Waals surface area contributed by atoms with Crippen LogP contribution in [0.15, 0.2) is 65.7 Å². The number of ether oxygens (including phenoxy) is 1. The molecule has 0 aliphatic heterocycles. The molecule has 0 saturated heterocycles. The zero-order valence-electron chi connectivity index (χ0n) is 16.1. The molecule has 5 nitrogen and oxygen atoms in total. The van der Waals surface area contributed by atoms with Gasteiger partial charge in [0.1, 0.15) is 11.6 Å². The van der Waals surface area contributed by atoms with Crippen molar-refractivity contribution >= 4 is 43.5 Å². The first-order chi connectivity index (χ1) is 14.7. The Labute approximate surface area is 191 Å². The molecule has 0 bridgehead atoms. The maximum Gasteiger partial charge on any atom is 0.268 e. The molecule has 0 aliphatic rings. The van der Waals surface area contributed by atoms with Gasteiger partial charge in [0.05, 0.1) is 20.6 Å². The van der Waals surface area contributed by atoms with E-state index in [1.165, 1.54) is 42.6 Å². The van der Waals surface area contributed by atoms with Gasteiger partial charge in [0.25, 0.3) is 10.0 Å². The maximum atomic E-state index is 15.0. The highest BCUT2D eigenvalue weighted by Crippen LogP contribution is 2.36. The second-order valence-corrected chi connectivity index (χ2v) is 9.84. The number of hydrogen-bond donors (Lipinski definition) is 1. The second kappa shape index (κ2) is 8.21. The molecule has 1 aromatic heterocycles. The van der Waals surface area contributed by atoms with Crippen molar-refractivity contribution in [2.24, 2.45) is 0 Å². The van der Waals surface area contributed by atoms with E-state index in [0.717, 1.165) is 15.6 Å². The van der Waals surface area contributed by atoms with Crippen LogP contribution in [0.2, 0.25) is 0 Å². The highest BCUT2D eigenvalue weighted by Gasteiger charge is 2.23. The molecule has 1 N–H and O–H groups in total. The van der Waals surface area contributed by atoms with E-state index in [1.54, 1.807) is 34.7 Å². The van der Waals surface area contributed by atoms with E-state index in [9.17, 15) is 17.9 Å². The third-order valence-electron chi connectivity index (χ3n) is 4.82. The molecule has 0 fully saturated rings.